The number of hydrogen-bond acceptors (Lipinski definition) is 6. The van der Waals surface area contributed by atoms with Crippen LogP contribution in [0.4, 0.5) is 0 Å². The van der Waals surface area contributed by atoms with E-state index in [1.54, 1.807) is 36.6 Å². The van der Waals surface area contributed by atoms with E-state index in [4.69, 9.17) is 9.84 Å². The maximum absolute atomic E-state index is 13.6. The van der Waals surface area contributed by atoms with E-state index >= 15 is 0 Å². The maximum atomic E-state index is 13.6. The second-order valence-electron chi connectivity index (χ2n) is 8.55. The minimum Gasteiger partial charge on any atom is -0.478 e. The smallest absolute Gasteiger partial charge is 0.338 e. The third kappa shape index (κ3) is 4.74. The number of aromatic nitrogens is 1. The van der Waals surface area contributed by atoms with Crippen LogP contribution in [0.1, 0.15) is 66.7 Å². The first kappa shape index (κ1) is 24.3. The van der Waals surface area contributed by atoms with Gasteiger partial charge in [-0.25, -0.2) is 14.6 Å². The van der Waals surface area contributed by atoms with E-state index in [0.29, 0.717) is 32.1 Å². The number of carboxylic acid groups (broad SMARTS) is 1. The van der Waals surface area contributed by atoms with E-state index in [-0.39, 0.29) is 17.7 Å². The third-order valence-corrected chi connectivity index (χ3v) is 6.87. The Balaban J connectivity index is 1.89. The molecule has 0 saturated carbocycles. The normalized spacial score (nSPS) is 15.7. The van der Waals surface area contributed by atoms with Crippen LogP contribution >= 0.6 is 11.3 Å². The Hall–Kier alpha value is -3.78. The molecular formula is C27H26N2O5S. The molecule has 0 radical (unpaired) electrons. The van der Waals surface area contributed by atoms with Gasteiger partial charge in [-0.15, -0.1) is 0 Å². The Morgan fingerprint density at radius 3 is 2.37 bits per heavy atom. The molecule has 35 heavy (non-hydrogen) atoms. The van der Waals surface area contributed by atoms with Gasteiger partial charge in [0.05, 0.1) is 34.0 Å². The van der Waals surface area contributed by atoms with Crippen molar-refractivity contribution in [3.05, 3.63) is 102 Å². The summed E-state index contributed by atoms with van der Waals surface area (Å²) in [5.74, 6) is -1.16. The number of allylic oxidation sites excluding steroid dienone is 1. The monoisotopic (exact) mass is 490 g/mol. The predicted octanol–water partition coefficient (Wildman–Crippen LogP) is 3.62. The lowest BCUT2D eigenvalue weighted by atomic mass is 9.93. The molecule has 1 aliphatic heterocycles. The van der Waals surface area contributed by atoms with Gasteiger partial charge in [-0.05, 0) is 54.7 Å². The van der Waals surface area contributed by atoms with Crippen LogP contribution in [0.15, 0.2) is 69.6 Å². The summed E-state index contributed by atoms with van der Waals surface area (Å²) >= 11 is 1.23. The number of nitrogens with zero attached hydrogens (tertiary/aromatic N) is 2. The van der Waals surface area contributed by atoms with E-state index in [1.165, 1.54) is 23.5 Å². The van der Waals surface area contributed by atoms with Crippen molar-refractivity contribution >= 4 is 29.4 Å². The Morgan fingerprint density at radius 1 is 1.14 bits per heavy atom. The van der Waals surface area contributed by atoms with Gasteiger partial charge in [0.1, 0.15) is 0 Å². The minimum atomic E-state index is -1.01. The molecule has 0 bridgehead atoms. The van der Waals surface area contributed by atoms with Crippen LogP contribution in [0.3, 0.4) is 0 Å². The molecule has 1 N–H and O–H groups in total. The lowest BCUT2D eigenvalue weighted by Gasteiger charge is -2.25. The summed E-state index contributed by atoms with van der Waals surface area (Å²) in [6.45, 7) is 7.92. The van der Waals surface area contributed by atoms with Gasteiger partial charge in [0.15, 0.2) is 4.80 Å². The molecular weight excluding hydrogens is 464 g/mol. The van der Waals surface area contributed by atoms with Gasteiger partial charge in [-0.3, -0.25) is 9.36 Å². The molecule has 0 aliphatic carbocycles. The number of carbonyl (C=O) groups excluding carboxylic acids is 1. The van der Waals surface area contributed by atoms with Crippen LogP contribution in [-0.4, -0.2) is 28.2 Å². The SMILES string of the molecule is CCOC(=O)C1=C(C)N=c2sc(=Cc3ccc(C(=O)O)cc3)c(=O)n2C1c1ccc(C(C)C)cc1. The van der Waals surface area contributed by atoms with Crippen molar-refractivity contribution in [3.8, 4) is 0 Å². The molecule has 7 nitrogen and oxygen atoms in total. The molecule has 1 unspecified atom stereocenters. The lowest BCUT2D eigenvalue weighted by Crippen LogP contribution is -2.39. The quantitative estimate of drug-likeness (QED) is 0.532. The molecule has 2 heterocycles. The number of rotatable bonds is 6. The third-order valence-electron chi connectivity index (χ3n) is 5.89. The Labute approximate surface area is 206 Å². The van der Waals surface area contributed by atoms with Crippen molar-refractivity contribution in [2.75, 3.05) is 6.61 Å². The van der Waals surface area contributed by atoms with Crippen molar-refractivity contribution in [1.82, 2.24) is 4.57 Å². The van der Waals surface area contributed by atoms with Crippen molar-refractivity contribution in [2.45, 2.75) is 39.7 Å². The standard InChI is InChI=1S/C27H26N2O5S/c1-5-34-26(33)22-16(4)28-27-29(23(22)19-12-10-18(11-13-19)15(2)3)24(30)21(35-27)14-17-6-8-20(9-7-17)25(31)32/h6-15,23H,5H2,1-4H3,(H,31,32). The van der Waals surface area contributed by atoms with Crippen molar-refractivity contribution in [2.24, 2.45) is 4.99 Å². The summed E-state index contributed by atoms with van der Waals surface area (Å²) in [6.07, 6.45) is 1.71. The van der Waals surface area contributed by atoms with Crippen molar-refractivity contribution < 1.29 is 19.4 Å². The number of benzene rings is 2. The van der Waals surface area contributed by atoms with Crippen LogP contribution in [-0.2, 0) is 9.53 Å². The number of hydrogen-bond donors (Lipinski definition) is 1. The number of ether oxygens (including phenoxy) is 1. The van der Waals surface area contributed by atoms with Crippen molar-refractivity contribution in [1.29, 1.82) is 0 Å². The fourth-order valence-electron chi connectivity index (χ4n) is 4.04. The summed E-state index contributed by atoms with van der Waals surface area (Å²) in [6, 6.07) is 13.5. The molecule has 180 valence electrons. The van der Waals surface area contributed by atoms with Crippen LogP contribution in [0.2, 0.25) is 0 Å². The molecule has 8 heteroatoms. The van der Waals surface area contributed by atoms with Gasteiger partial charge < -0.3 is 9.84 Å². The average molecular weight is 491 g/mol. The Bertz CT molecular complexity index is 1490. The first-order valence-electron chi connectivity index (χ1n) is 11.3. The Morgan fingerprint density at radius 2 is 1.80 bits per heavy atom. The summed E-state index contributed by atoms with van der Waals surface area (Å²) in [4.78, 5) is 42.8. The molecule has 0 spiro atoms. The number of thiazole rings is 1. The number of esters is 1. The zero-order valence-electron chi connectivity index (χ0n) is 19.9. The van der Waals surface area contributed by atoms with E-state index < -0.39 is 18.0 Å². The molecule has 1 aromatic heterocycles. The number of carbonyl (C=O) groups is 2. The highest BCUT2D eigenvalue weighted by atomic mass is 32.1. The molecule has 4 rings (SSSR count). The van der Waals surface area contributed by atoms with E-state index in [9.17, 15) is 14.4 Å². The van der Waals surface area contributed by atoms with E-state index in [0.717, 1.165) is 11.1 Å². The highest BCUT2D eigenvalue weighted by molar-refractivity contribution is 7.07. The number of carboxylic acids is 1. The van der Waals surface area contributed by atoms with Gasteiger partial charge in [-0.1, -0.05) is 61.6 Å². The number of fused-ring (bicyclic) bond motifs is 1. The van der Waals surface area contributed by atoms with Crippen LogP contribution in [0.25, 0.3) is 6.08 Å². The van der Waals surface area contributed by atoms with Gasteiger partial charge in [0.2, 0.25) is 0 Å². The highest BCUT2D eigenvalue weighted by Gasteiger charge is 2.33. The van der Waals surface area contributed by atoms with Crippen LogP contribution < -0.4 is 14.9 Å². The molecule has 0 fully saturated rings. The molecule has 2 aromatic carbocycles. The van der Waals surface area contributed by atoms with Crippen LogP contribution in [0.5, 0.6) is 0 Å². The van der Waals surface area contributed by atoms with Gasteiger partial charge >= 0.3 is 11.9 Å². The van der Waals surface area contributed by atoms with Crippen LogP contribution in [0, 0.1) is 0 Å². The maximum Gasteiger partial charge on any atom is 0.338 e. The van der Waals surface area contributed by atoms with Gasteiger partial charge in [-0.2, -0.15) is 0 Å². The van der Waals surface area contributed by atoms with E-state index in [2.05, 4.69) is 18.8 Å². The predicted molar refractivity (Wildman–Crippen MR) is 134 cm³/mol. The zero-order valence-corrected chi connectivity index (χ0v) is 20.8. The first-order valence-corrected chi connectivity index (χ1v) is 12.2. The van der Waals surface area contributed by atoms with E-state index in [1.807, 2.05) is 24.3 Å². The number of aromatic carboxylic acids is 1. The van der Waals surface area contributed by atoms with Crippen molar-refractivity contribution in [3.63, 3.8) is 0 Å². The average Bonchev–Trinajstić information content (AvgIpc) is 3.13. The zero-order chi connectivity index (χ0) is 25.3. The molecule has 0 amide bonds. The fraction of sp³-hybridized carbons (Fsp3) is 0.259. The Kier molecular flexibility index (Phi) is 6.84. The largest absolute Gasteiger partial charge is 0.478 e. The summed E-state index contributed by atoms with van der Waals surface area (Å²) in [5.41, 5.74) is 3.40. The molecule has 1 aliphatic rings. The molecule has 0 saturated heterocycles. The minimum absolute atomic E-state index is 0.170. The molecule has 1 atom stereocenters. The highest BCUT2D eigenvalue weighted by Crippen LogP contribution is 2.31. The first-order chi connectivity index (χ1) is 16.7. The topological polar surface area (TPSA) is 98.0 Å². The van der Waals surface area contributed by atoms with Gasteiger partial charge in [0.25, 0.3) is 5.56 Å². The summed E-state index contributed by atoms with van der Waals surface area (Å²) in [5, 5.41) is 9.12. The lowest BCUT2D eigenvalue weighted by molar-refractivity contribution is -0.139. The second kappa shape index (κ2) is 9.84. The summed E-state index contributed by atoms with van der Waals surface area (Å²) in [7, 11) is 0. The molecule has 3 aromatic rings. The summed E-state index contributed by atoms with van der Waals surface area (Å²) < 4.78 is 7.31. The fourth-order valence-corrected chi connectivity index (χ4v) is 5.09. The van der Waals surface area contributed by atoms with Gasteiger partial charge in [0, 0.05) is 0 Å². The second-order valence-corrected chi connectivity index (χ2v) is 9.56.